The average molecular weight is 232 g/mol. The van der Waals surface area contributed by atoms with E-state index in [1.54, 1.807) is 11.8 Å². The van der Waals surface area contributed by atoms with Crippen LogP contribution in [0.2, 0.25) is 0 Å². The average Bonchev–Trinajstić information content (AvgIpc) is 2.27. The van der Waals surface area contributed by atoms with Gasteiger partial charge in [-0.1, -0.05) is 26.0 Å². The number of para-hydroxylation sites is 1. The van der Waals surface area contributed by atoms with Crippen LogP contribution in [0.3, 0.4) is 0 Å². The maximum atomic E-state index is 9.05. The molecule has 0 amide bonds. The largest absolute Gasteiger partial charge is 0.379 e. The van der Waals surface area contributed by atoms with E-state index in [0.29, 0.717) is 5.92 Å². The van der Waals surface area contributed by atoms with Crippen LogP contribution in [0.1, 0.15) is 32.3 Å². The van der Waals surface area contributed by atoms with Crippen LogP contribution in [-0.4, -0.2) is 11.3 Å². The maximum Gasteiger partial charge on any atom is 0.116 e. The first-order valence-electron chi connectivity index (χ1n) is 5.59. The fourth-order valence-electron chi connectivity index (χ4n) is 1.96. The number of nitrogens with zero attached hydrogens (tertiary/aromatic N) is 1. The number of thioether (sulfide) groups is 1. The third kappa shape index (κ3) is 1.90. The maximum absolute atomic E-state index is 9.05. The molecule has 84 valence electrons. The van der Waals surface area contributed by atoms with E-state index in [2.05, 4.69) is 50.4 Å². The zero-order valence-corrected chi connectivity index (χ0v) is 10.6. The molecular formula is C13H16N2S. The quantitative estimate of drug-likeness (QED) is 0.803. The lowest BCUT2D eigenvalue weighted by Crippen LogP contribution is -2.31. The van der Waals surface area contributed by atoms with Crippen molar-refractivity contribution in [3.63, 3.8) is 0 Å². The van der Waals surface area contributed by atoms with E-state index in [4.69, 9.17) is 5.26 Å². The monoisotopic (exact) mass is 232 g/mol. The van der Waals surface area contributed by atoms with E-state index in [1.807, 2.05) is 0 Å². The predicted octanol–water partition coefficient (Wildman–Crippen LogP) is 3.61. The molecule has 2 unspecified atom stereocenters. The summed E-state index contributed by atoms with van der Waals surface area (Å²) < 4.78 is 0. The summed E-state index contributed by atoms with van der Waals surface area (Å²) in [6.45, 7) is 6.47. The number of hydrogen-bond acceptors (Lipinski definition) is 3. The smallest absolute Gasteiger partial charge is 0.116 e. The summed E-state index contributed by atoms with van der Waals surface area (Å²) in [5.74, 6) is 0.508. The summed E-state index contributed by atoms with van der Waals surface area (Å²) in [7, 11) is 0. The van der Waals surface area contributed by atoms with Crippen molar-refractivity contribution in [1.29, 1.82) is 5.26 Å². The molecule has 0 radical (unpaired) electrons. The van der Waals surface area contributed by atoms with Gasteiger partial charge in [0.05, 0.1) is 11.8 Å². The Morgan fingerprint density at radius 3 is 2.81 bits per heavy atom. The molecule has 2 rings (SSSR count). The van der Waals surface area contributed by atoms with Crippen molar-refractivity contribution in [2.75, 3.05) is 5.32 Å². The van der Waals surface area contributed by atoms with E-state index >= 15 is 0 Å². The Kier molecular flexibility index (Phi) is 3.11. The van der Waals surface area contributed by atoms with Crippen molar-refractivity contribution in [3.05, 3.63) is 23.8 Å². The molecule has 0 aromatic heterocycles. The van der Waals surface area contributed by atoms with Gasteiger partial charge in [-0.15, -0.1) is 11.8 Å². The van der Waals surface area contributed by atoms with Crippen molar-refractivity contribution in [3.8, 4) is 6.07 Å². The van der Waals surface area contributed by atoms with E-state index in [1.165, 1.54) is 16.1 Å². The van der Waals surface area contributed by atoms with Gasteiger partial charge in [-0.3, -0.25) is 0 Å². The number of nitriles is 1. The molecule has 0 saturated heterocycles. The second kappa shape index (κ2) is 4.39. The Hall–Kier alpha value is -1.14. The van der Waals surface area contributed by atoms with E-state index < -0.39 is 0 Å². The van der Waals surface area contributed by atoms with Crippen LogP contribution < -0.4 is 5.32 Å². The third-order valence-corrected chi connectivity index (χ3v) is 4.25. The summed E-state index contributed by atoms with van der Waals surface area (Å²) in [4.78, 5) is 1.20. The second-order valence-corrected chi connectivity index (χ2v) is 5.66. The number of hydrogen-bond donors (Lipinski definition) is 1. The van der Waals surface area contributed by atoms with Crippen LogP contribution in [0.4, 0.5) is 5.69 Å². The van der Waals surface area contributed by atoms with Crippen molar-refractivity contribution in [2.24, 2.45) is 0 Å². The molecule has 2 atom stereocenters. The highest BCUT2D eigenvalue weighted by molar-refractivity contribution is 8.00. The van der Waals surface area contributed by atoms with Gasteiger partial charge < -0.3 is 5.32 Å². The molecule has 2 nitrogen and oxygen atoms in total. The lowest BCUT2D eigenvalue weighted by Gasteiger charge is -2.30. The molecule has 0 aliphatic carbocycles. The molecule has 1 heterocycles. The van der Waals surface area contributed by atoms with Crippen LogP contribution in [0.5, 0.6) is 0 Å². The summed E-state index contributed by atoms with van der Waals surface area (Å²) >= 11 is 1.67. The zero-order valence-electron chi connectivity index (χ0n) is 9.82. The van der Waals surface area contributed by atoms with Gasteiger partial charge >= 0.3 is 0 Å². The molecule has 1 aliphatic heterocycles. The number of benzene rings is 1. The first-order valence-corrected chi connectivity index (χ1v) is 6.47. The van der Waals surface area contributed by atoms with Crippen LogP contribution >= 0.6 is 11.8 Å². The molecule has 1 N–H and O–H groups in total. The number of nitrogens with one attached hydrogen (secondary N) is 1. The highest BCUT2D eigenvalue weighted by Gasteiger charge is 2.27. The zero-order chi connectivity index (χ0) is 11.7. The standard InChI is InChI=1S/C13H16N2S/c1-8(2)10-5-4-6-11-13(10)15-9(3)12(7-14)16-11/h4-6,8-9,12,15H,1-3H3. The molecule has 0 fully saturated rings. The van der Waals surface area contributed by atoms with Gasteiger partial charge in [0, 0.05) is 10.9 Å². The van der Waals surface area contributed by atoms with Gasteiger partial charge in [0.25, 0.3) is 0 Å². The summed E-state index contributed by atoms with van der Waals surface area (Å²) in [5.41, 5.74) is 2.56. The van der Waals surface area contributed by atoms with Crippen molar-refractivity contribution < 1.29 is 0 Å². The molecule has 3 heteroatoms. The molecule has 0 saturated carbocycles. The topological polar surface area (TPSA) is 35.8 Å². The van der Waals surface area contributed by atoms with Crippen LogP contribution in [0, 0.1) is 11.3 Å². The van der Waals surface area contributed by atoms with Crippen molar-refractivity contribution in [2.45, 2.75) is 42.9 Å². The Bertz CT molecular complexity index is 434. The fraction of sp³-hybridized carbons (Fsp3) is 0.462. The first kappa shape index (κ1) is 11.3. The minimum atomic E-state index is 0.00918. The Morgan fingerprint density at radius 2 is 2.19 bits per heavy atom. The van der Waals surface area contributed by atoms with Gasteiger partial charge in [0.15, 0.2) is 0 Å². The molecular weight excluding hydrogens is 216 g/mol. The van der Waals surface area contributed by atoms with Gasteiger partial charge in [-0.25, -0.2) is 0 Å². The van der Waals surface area contributed by atoms with E-state index in [-0.39, 0.29) is 11.3 Å². The Labute approximate surface area is 101 Å². The van der Waals surface area contributed by atoms with E-state index in [9.17, 15) is 0 Å². The van der Waals surface area contributed by atoms with Crippen LogP contribution in [0.15, 0.2) is 23.1 Å². The van der Waals surface area contributed by atoms with E-state index in [0.717, 1.165) is 0 Å². The van der Waals surface area contributed by atoms with Gasteiger partial charge in [0.2, 0.25) is 0 Å². The highest BCUT2D eigenvalue weighted by Crippen LogP contribution is 2.41. The fourth-order valence-corrected chi connectivity index (χ4v) is 3.01. The van der Waals surface area contributed by atoms with Crippen molar-refractivity contribution in [1.82, 2.24) is 0 Å². The molecule has 1 aromatic carbocycles. The highest BCUT2D eigenvalue weighted by atomic mass is 32.2. The van der Waals surface area contributed by atoms with Gasteiger partial charge in [-0.2, -0.15) is 5.26 Å². The summed E-state index contributed by atoms with van der Waals surface area (Å²) in [6, 6.07) is 8.89. The van der Waals surface area contributed by atoms with Gasteiger partial charge in [-0.05, 0) is 24.5 Å². The Morgan fingerprint density at radius 1 is 1.44 bits per heavy atom. The first-order chi connectivity index (χ1) is 7.63. The third-order valence-electron chi connectivity index (χ3n) is 2.89. The van der Waals surface area contributed by atoms with Crippen molar-refractivity contribution >= 4 is 17.4 Å². The second-order valence-electron chi connectivity index (χ2n) is 4.48. The molecule has 1 aromatic rings. The minimum Gasteiger partial charge on any atom is -0.379 e. The number of fused-ring (bicyclic) bond motifs is 1. The minimum absolute atomic E-state index is 0.00918. The summed E-state index contributed by atoms with van der Waals surface area (Å²) in [5, 5.41) is 12.5. The lowest BCUT2D eigenvalue weighted by atomic mass is 10.0. The molecule has 16 heavy (non-hydrogen) atoms. The SMILES string of the molecule is CC(C)c1cccc2c1NC(C)C(C#N)S2. The lowest BCUT2D eigenvalue weighted by molar-refractivity contribution is 0.798. The molecule has 0 bridgehead atoms. The number of anilines is 1. The Balaban J connectivity index is 2.43. The van der Waals surface area contributed by atoms with Crippen LogP contribution in [0.25, 0.3) is 0 Å². The summed E-state index contributed by atoms with van der Waals surface area (Å²) in [6.07, 6.45) is 0. The molecule has 0 spiro atoms. The van der Waals surface area contributed by atoms with Crippen LogP contribution in [-0.2, 0) is 0 Å². The molecule has 1 aliphatic rings. The van der Waals surface area contributed by atoms with Gasteiger partial charge in [0.1, 0.15) is 5.25 Å². The predicted molar refractivity (Wildman–Crippen MR) is 68.9 cm³/mol. The normalized spacial score (nSPS) is 23.4. The number of rotatable bonds is 1.